The van der Waals surface area contributed by atoms with E-state index in [0.717, 1.165) is 85.6 Å². The maximum atomic E-state index is 14.4. The van der Waals surface area contributed by atoms with Crippen LogP contribution in [0.2, 0.25) is 0 Å². The quantitative estimate of drug-likeness (QED) is 0.170. The molecule has 2 aromatic heterocycles. The van der Waals surface area contributed by atoms with E-state index in [1.54, 1.807) is 18.2 Å². The zero-order valence-electron chi connectivity index (χ0n) is 29.1. The molecule has 1 saturated carbocycles. The third-order valence-electron chi connectivity index (χ3n) is 11.2. The van der Waals surface area contributed by atoms with Crippen molar-refractivity contribution < 1.29 is 23.5 Å². The molecule has 0 radical (unpaired) electrons. The molecule has 2 N–H and O–H groups in total. The van der Waals surface area contributed by atoms with Crippen molar-refractivity contribution in [2.24, 2.45) is 0 Å². The van der Waals surface area contributed by atoms with Gasteiger partial charge in [0.2, 0.25) is 11.8 Å². The summed E-state index contributed by atoms with van der Waals surface area (Å²) in [4.78, 5) is 38.2. The fraction of sp³-hybridized carbons (Fsp3) is 0.341. The van der Waals surface area contributed by atoms with Gasteiger partial charge < -0.3 is 24.7 Å². The highest BCUT2D eigenvalue weighted by Gasteiger charge is 2.56. The predicted molar refractivity (Wildman–Crippen MR) is 195 cm³/mol. The van der Waals surface area contributed by atoms with Gasteiger partial charge >= 0.3 is 0 Å². The molecule has 3 aromatic carbocycles. The molecule has 3 fully saturated rings. The number of pyridine rings is 1. The molecule has 11 nitrogen and oxygen atoms in total. The summed E-state index contributed by atoms with van der Waals surface area (Å²) in [5.74, 6) is 1.01. The van der Waals surface area contributed by atoms with Crippen molar-refractivity contribution in [3.8, 4) is 11.9 Å². The van der Waals surface area contributed by atoms with Gasteiger partial charge in [-0.25, -0.2) is 14.4 Å². The average molecular weight is 712 g/mol. The van der Waals surface area contributed by atoms with E-state index in [-0.39, 0.29) is 36.0 Å². The maximum Gasteiger partial charge on any atom is 0.255 e. The number of ether oxygens (including phenoxy) is 2. The topological polar surface area (TPSA) is 134 Å². The van der Waals surface area contributed by atoms with Gasteiger partial charge in [-0.2, -0.15) is 5.26 Å². The summed E-state index contributed by atoms with van der Waals surface area (Å²) in [6.45, 7) is 3.92. The number of amides is 2. The van der Waals surface area contributed by atoms with Crippen LogP contribution >= 0.6 is 0 Å². The number of likely N-dealkylation sites (tertiary alicyclic amines) is 1. The minimum Gasteiger partial charge on any atom is -0.473 e. The first-order chi connectivity index (χ1) is 25.8. The molecular formula is C41H38FN7O4. The number of anilines is 2. The van der Waals surface area contributed by atoms with Crippen LogP contribution in [0.15, 0.2) is 72.8 Å². The van der Waals surface area contributed by atoms with Gasteiger partial charge in [0, 0.05) is 46.8 Å². The summed E-state index contributed by atoms with van der Waals surface area (Å²) < 4.78 is 28.3. The van der Waals surface area contributed by atoms with E-state index in [2.05, 4.69) is 20.1 Å². The van der Waals surface area contributed by atoms with Gasteiger partial charge in [0.05, 0.1) is 47.3 Å². The van der Waals surface area contributed by atoms with Crippen molar-refractivity contribution in [3.05, 3.63) is 112 Å². The molecule has 4 aliphatic rings. The van der Waals surface area contributed by atoms with Crippen LogP contribution in [-0.2, 0) is 34.6 Å². The molecule has 268 valence electrons. The lowest BCUT2D eigenvalue weighted by molar-refractivity contribution is -0.117. The van der Waals surface area contributed by atoms with Crippen molar-refractivity contribution in [3.63, 3.8) is 0 Å². The molecule has 1 aliphatic carbocycles. The Hall–Kier alpha value is -5.64. The summed E-state index contributed by atoms with van der Waals surface area (Å²) >= 11 is 0. The van der Waals surface area contributed by atoms with Crippen LogP contribution in [-0.4, -0.2) is 57.0 Å². The third kappa shape index (κ3) is 6.40. The second-order valence-electron chi connectivity index (χ2n) is 14.5. The zero-order chi connectivity index (χ0) is 36.1. The molecule has 53 heavy (non-hydrogen) atoms. The first-order valence-electron chi connectivity index (χ1n) is 18.2. The summed E-state index contributed by atoms with van der Waals surface area (Å²) in [6, 6.07) is 23.3. The van der Waals surface area contributed by atoms with Crippen LogP contribution < -0.4 is 15.4 Å². The minimum atomic E-state index is -0.470. The number of hydrogen-bond acceptors (Lipinski definition) is 8. The van der Waals surface area contributed by atoms with Crippen molar-refractivity contribution in [1.29, 1.82) is 5.26 Å². The average Bonchev–Trinajstić information content (AvgIpc) is 3.84. The highest BCUT2D eigenvalue weighted by molar-refractivity contribution is 6.10. The number of carbonyl (C=O) groups excluding carboxylic acids is 2. The van der Waals surface area contributed by atoms with E-state index >= 15 is 0 Å². The predicted octanol–water partition coefficient (Wildman–Crippen LogP) is 6.43. The smallest absolute Gasteiger partial charge is 0.255 e. The van der Waals surface area contributed by atoms with Crippen LogP contribution in [0, 0.1) is 17.1 Å². The van der Waals surface area contributed by atoms with E-state index in [9.17, 15) is 14.0 Å². The lowest BCUT2D eigenvalue weighted by Gasteiger charge is -2.32. The number of rotatable bonds is 10. The van der Waals surface area contributed by atoms with Crippen LogP contribution in [0.4, 0.5) is 15.8 Å². The molecule has 1 spiro atoms. The molecular weight excluding hydrogens is 673 g/mol. The number of benzene rings is 3. The first kappa shape index (κ1) is 33.2. The van der Waals surface area contributed by atoms with Gasteiger partial charge in [0.15, 0.2) is 0 Å². The largest absolute Gasteiger partial charge is 0.473 e. The van der Waals surface area contributed by atoms with Gasteiger partial charge in [0.25, 0.3) is 5.91 Å². The van der Waals surface area contributed by atoms with E-state index in [1.807, 2.05) is 54.6 Å². The zero-order valence-corrected chi connectivity index (χ0v) is 29.1. The Kier molecular flexibility index (Phi) is 8.40. The van der Waals surface area contributed by atoms with Crippen molar-refractivity contribution in [1.82, 2.24) is 19.4 Å². The van der Waals surface area contributed by atoms with Crippen molar-refractivity contribution >= 4 is 34.2 Å². The number of nitrogens with one attached hydrogen (secondary N) is 2. The van der Waals surface area contributed by atoms with E-state index in [4.69, 9.17) is 24.7 Å². The van der Waals surface area contributed by atoms with Crippen LogP contribution in [0.5, 0.6) is 5.88 Å². The van der Waals surface area contributed by atoms with Gasteiger partial charge in [-0.1, -0.05) is 12.1 Å². The number of nitrogens with zero attached hydrogens (tertiary/aromatic N) is 5. The van der Waals surface area contributed by atoms with Gasteiger partial charge in [-0.3, -0.25) is 14.5 Å². The normalized spacial score (nSPS) is 19.0. The summed E-state index contributed by atoms with van der Waals surface area (Å²) in [6.07, 6.45) is 4.66. The van der Waals surface area contributed by atoms with E-state index < -0.39 is 11.2 Å². The van der Waals surface area contributed by atoms with Crippen LogP contribution in [0.1, 0.15) is 76.6 Å². The Balaban J connectivity index is 0.865. The highest BCUT2D eigenvalue weighted by atomic mass is 19.1. The molecule has 0 bridgehead atoms. The minimum absolute atomic E-state index is 0.0296. The van der Waals surface area contributed by atoms with Crippen molar-refractivity contribution in [2.45, 2.75) is 69.2 Å². The van der Waals surface area contributed by atoms with E-state index in [1.165, 1.54) is 6.07 Å². The molecule has 9 rings (SSSR count). The Morgan fingerprint density at radius 3 is 2.66 bits per heavy atom. The molecule has 1 atom stereocenters. The summed E-state index contributed by atoms with van der Waals surface area (Å²) in [5, 5.41) is 15.0. The Labute approximate surface area is 305 Å². The third-order valence-corrected chi connectivity index (χ3v) is 11.2. The Morgan fingerprint density at radius 1 is 1.06 bits per heavy atom. The number of nitriles is 1. The van der Waals surface area contributed by atoms with Crippen molar-refractivity contribution in [2.75, 3.05) is 30.3 Å². The standard InChI is InChI=1S/C41H38FN7O4/c42-32-18-25(21-43)4-5-28(32)24-53-38-3-1-2-33(46-38)26-10-15-48(16-11-26)23-37-45-35-19-27(6-9-36(35)49(37)22-30-12-17-52-30)39(50)44-29-7-8-34-31(20-29)41(13-14-41)40(51)47-34/h1-9,18-20,26,30H,10-17,22-24H2,(H,44,50)(H,47,51)/t30-/m0/s1. The fourth-order valence-corrected chi connectivity index (χ4v) is 7.80. The molecule has 3 aliphatic heterocycles. The Bertz CT molecular complexity index is 2300. The number of halogens is 1. The molecule has 0 unspecified atom stereocenters. The van der Waals surface area contributed by atoms with Crippen LogP contribution in [0.3, 0.4) is 0 Å². The fourth-order valence-electron chi connectivity index (χ4n) is 7.80. The molecule has 2 amide bonds. The van der Waals surface area contributed by atoms with Gasteiger partial charge in [0.1, 0.15) is 18.2 Å². The van der Waals surface area contributed by atoms with E-state index in [0.29, 0.717) is 35.8 Å². The number of piperidine rings is 1. The highest BCUT2D eigenvalue weighted by Crippen LogP contribution is 2.55. The second-order valence-corrected chi connectivity index (χ2v) is 14.5. The summed E-state index contributed by atoms with van der Waals surface area (Å²) in [7, 11) is 0. The summed E-state index contributed by atoms with van der Waals surface area (Å²) in [5.41, 5.74) is 5.90. The monoisotopic (exact) mass is 711 g/mol. The SMILES string of the molecule is N#Cc1ccc(COc2cccc(C3CCN(Cc4nc5cc(C(=O)Nc6ccc7c(c6)C6(CC6)C(=O)N7)ccc5n4C[C@@H]4CCO4)CC3)n2)c(F)c1. The van der Waals surface area contributed by atoms with Gasteiger partial charge in [-0.15, -0.1) is 0 Å². The number of imidazole rings is 1. The molecule has 5 aromatic rings. The second kappa shape index (κ2) is 13.4. The Morgan fingerprint density at radius 2 is 1.91 bits per heavy atom. The number of aromatic nitrogens is 3. The first-order valence-corrected chi connectivity index (χ1v) is 18.2. The lowest BCUT2D eigenvalue weighted by Crippen LogP contribution is -2.35. The molecule has 2 saturated heterocycles. The number of fused-ring (bicyclic) bond motifs is 3. The maximum absolute atomic E-state index is 14.4. The van der Waals surface area contributed by atoms with Gasteiger partial charge in [-0.05, 0) is 105 Å². The molecule has 12 heteroatoms. The number of hydrogen-bond donors (Lipinski definition) is 2. The van der Waals surface area contributed by atoms with Crippen LogP contribution in [0.25, 0.3) is 11.0 Å². The molecule has 5 heterocycles. The lowest BCUT2D eigenvalue weighted by atomic mass is 9.93. The number of carbonyl (C=O) groups is 2.